The Bertz CT molecular complexity index is 397. The van der Waals surface area contributed by atoms with Crippen LogP contribution in [0, 0.1) is 0 Å². The number of nitrogens with one attached hydrogen (secondary N) is 1. The molecule has 0 fully saturated rings. The van der Waals surface area contributed by atoms with Crippen molar-refractivity contribution in [2.24, 2.45) is 0 Å². The van der Waals surface area contributed by atoms with Gasteiger partial charge in [0.15, 0.2) is 11.5 Å². The van der Waals surface area contributed by atoms with Gasteiger partial charge in [0.1, 0.15) is 6.61 Å². The van der Waals surface area contributed by atoms with Crippen molar-refractivity contribution in [1.29, 1.82) is 0 Å². The largest absolute Gasteiger partial charge is 0.493 e. The Morgan fingerprint density at radius 2 is 2.00 bits per heavy atom. The maximum absolute atomic E-state index is 9.40. The minimum absolute atomic E-state index is 0.0160. The average molecular weight is 269 g/mol. The molecule has 3 N–H and O–H groups in total. The predicted octanol–water partition coefficient (Wildman–Crippen LogP) is 0.927. The van der Waals surface area contributed by atoms with Gasteiger partial charge in [0.05, 0.1) is 25.9 Å². The van der Waals surface area contributed by atoms with Crippen molar-refractivity contribution in [3.8, 4) is 11.5 Å². The van der Waals surface area contributed by atoms with Crippen LogP contribution >= 0.6 is 0 Å². The quantitative estimate of drug-likeness (QED) is 0.655. The summed E-state index contributed by atoms with van der Waals surface area (Å²) in [5, 5.41) is 21.7. The summed E-state index contributed by atoms with van der Waals surface area (Å²) >= 11 is 0. The highest BCUT2D eigenvalue weighted by atomic mass is 16.5. The second-order valence-corrected chi connectivity index (χ2v) is 4.68. The molecule has 19 heavy (non-hydrogen) atoms. The Hall–Kier alpha value is -1.30. The molecule has 1 rings (SSSR count). The van der Waals surface area contributed by atoms with Crippen molar-refractivity contribution in [2.75, 3.05) is 26.9 Å². The van der Waals surface area contributed by atoms with E-state index >= 15 is 0 Å². The minimum Gasteiger partial charge on any atom is -0.493 e. The van der Waals surface area contributed by atoms with Gasteiger partial charge in [-0.05, 0) is 31.2 Å². The number of hydrogen-bond donors (Lipinski definition) is 3. The van der Waals surface area contributed by atoms with Crippen LogP contribution in [0.5, 0.6) is 11.5 Å². The predicted molar refractivity (Wildman–Crippen MR) is 73.6 cm³/mol. The first-order chi connectivity index (χ1) is 9.08. The first-order valence-corrected chi connectivity index (χ1v) is 6.35. The molecule has 0 heterocycles. The molecule has 0 spiro atoms. The Morgan fingerprint density at radius 1 is 1.26 bits per heavy atom. The second-order valence-electron chi connectivity index (χ2n) is 4.68. The fourth-order valence-corrected chi connectivity index (χ4v) is 1.75. The fraction of sp³-hybridized carbons (Fsp3) is 0.571. The van der Waals surface area contributed by atoms with E-state index in [-0.39, 0.29) is 13.2 Å². The van der Waals surface area contributed by atoms with Gasteiger partial charge in [-0.15, -0.1) is 0 Å². The molecule has 0 amide bonds. The van der Waals surface area contributed by atoms with Crippen molar-refractivity contribution >= 4 is 0 Å². The van der Waals surface area contributed by atoms with Crippen LogP contribution in [0.4, 0.5) is 0 Å². The molecule has 0 aromatic heterocycles. The number of ether oxygens (including phenoxy) is 2. The molecule has 0 aliphatic heterocycles. The zero-order valence-electron chi connectivity index (χ0n) is 11.8. The van der Waals surface area contributed by atoms with E-state index in [1.807, 2.05) is 13.8 Å². The van der Waals surface area contributed by atoms with E-state index in [0.717, 1.165) is 12.1 Å². The molecule has 0 radical (unpaired) electrons. The van der Waals surface area contributed by atoms with E-state index in [1.165, 1.54) is 0 Å². The molecule has 1 unspecified atom stereocenters. The van der Waals surface area contributed by atoms with Crippen molar-refractivity contribution in [3.63, 3.8) is 0 Å². The molecule has 0 saturated carbocycles. The molecule has 108 valence electrons. The SMILES string of the molecule is CCNC(C)(CO)COc1ccc(CO)cc1OC. The van der Waals surface area contributed by atoms with E-state index in [0.29, 0.717) is 18.1 Å². The summed E-state index contributed by atoms with van der Waals surface area (Å²) in [5.41, 5.74) is 0.274. The third kappa shape index (κ3) is 4.38. The minimum atomic E-state index is -0.491. The normalized spacial score (nSPS) is 13.9. The third-order valence-corrected chi connectivity index (χ3v) is 2.91. The highest BCUT2D eigenvalue weighted by Crippen LogP contribution is 2.28. The van der Waals surface area contributed by atoms with Gasteiger partial charge in [-0.1, -0.05) is 13.0 Å². The van der Waals surface area contributed by atoms with Crippen LogP contribution in [0.2, 0.25) is 0 Å². The molecular weight excluding hydrogens is 246 g/mol. The summed E-state index contributed by atoms with van der Waals surface area (Å²) in [5.74, 6) is 1.17. The summed E-state index contributed by atoms with van der Waals surface area (Å²) in [6.07, 6.45) is 0. The van der Waals surface area contributed by atoms with Crippen molar-refractivity contribution in [2.45, 2.75) is 26.0 Å². The summed E-state index contributed by atoms with van der Waals surface area (Å²) in [7, 11) is 1.55. The molecule has 0 bridgehead atoms. The second kappa shape index (κ2) is 7.33. The van der Waals surface area contributed by atoms with E-state index in [9.17, 15) is 5.11 Å². The number of likely N-dealkylation sites (N-methyl/N-ethyl adjacent to an activating group) is 1. The summed E-state index contributed by atoms with van der Waals surface area (Å²) in [6, 6.07) is 5.27. The maximum atomic E-state index is 9.40. The van der Waals surface area contributed by atoms with E-state index in [4.69, 9.17) is 14.6 Å². The average Bonchev–Trinajstić information content (AvgIpc) is 2.45. The molecule has 1 atom stereocenters. The van der Waals surface area contributed by atoms with Crippen LogP contribution < -0.4 is 14.8 Å². The Kier molecular flexibility index (Phi) is 6.08. The summed E-state index contributed by atoms with van der Waals surface area (Å²) < 4.78 is 10.9. The molecule has 0 aliphatic rings. The standard InChI is InChI=1S/C14H23NO4/c1-4-15-14(2,9-17)10-19-12-6-5-11(8-16)7-13(12)18-3/h5-7,15-17H,4,8-10H2,1-3H3. The lowest BCUT2D eigenvalue weighted by Crippen LogP contribution is -2.50. The fourth-order valence-electron chi connectivity index (χ4n) is 1.75. The van der Waals surface area contributed by atoms with Gasteiger partial charge >= 0.3 is 0 Å². The monoisotopic (exact) mass is 269 g/mol. The number of aliphatic hydroxyl groups excluding tert-OH is 2. The molecule has 0 saturated heterocycles. The lowest BCUT2D eigenvalue weighted by molar-refractivity contribution is 0.115. The van der Waals surface area contributed by atoms with Crippen LogP contribution in [0.15, 0.2) is 18.2 Å². The lowest BCUT2D eigenvalue weighted by atomic mass is 10.1. The molecule has 1 aromatic rings. The van der Waals surface area contributed by atoms with Crippen molar-refractivity contribution in [3.05, 3.63) is 23.8 Å². The van der Waals surface area contributed by atoms with Crippen molar-refractivity contribution in [1.82, 2.24) is 5.32 Å². The topological polar surface area (TPSA) is 71.0 Å². The molecule has 5 nitrogen and oxygen atoms in total. The van der Waals surface area contributed by atoms with Crippen LogP contribution in [-0.2, 0) is 6.61 Å². The van der Waals surface area contributed by atoms with E-state index < -0.39 is 5.54 Å². The van der Waals surface area contributed by atoms with Crippen LogP contribution in [0.3, 0.4) is 0 Å². The zero-order chi connectivity index (χ0) is 14.3. The maximum Gasteiger partial charge on any atom is 0.161 e. The number of hydrogen-bond acceptors (Lipinski definition) is 5. The smallest absolute Gasteiger partial charge is 0.161 e. The van der Waals surface area contributed by atoms with Gasteiger partial charge < -0.3 is 25.0 Å². The summed E-state index contributed by atoms with van der Waals surface area (Å²) in [4.78, 5) is 0. The van der Waals surface area contributed by atoms with E-state index in [2.05, 4.69) is 5.32 Å². The van der Waals surface area contributed by atoms with Gasteiger partial charge in [0.2, 0.25) is 0 Å². The number of methoxy groups -OCH3 is 1. The highest BCUT2D eigenvalue weighted by Gasteiger charge is 2.23. The lowest BCUT2D eigenvalue weighted by Gasteiger charge is -2.28. The van der Waals surface area contributed by atoms with Gasteiger partial charge in [0.25, 0.3) is 0 Å². The molecular formula is C14H23NO4. The van der Waals surface area contributed by atoms with Gasteiger partial charge in [-0.2, -0.15) is 0 Å². The Morgan fingerprint density at radius 3 is 2.53 bits per heavy atom. The Balaban J connectivity index is 2.76. The number of aliphatic hydroxyl groups is 2. The first kappa shape index (κ1) is 15.8. The van der Waals surface area contributed by atoms with Gasteiger partial charge in [0, 0.05) is 0 Å². The number of benzene rings is 1. The summed E-state index contributed by atoms with van der Waals surface area (Å²) in [6.45, 7) is 4.89. The van der Waals surface area contributed by atoms with Crippen molar-refractivity contribution < 1.29 is 19.7 Å². The van der Waals surface area contributed by atoms with Gasteiger partial charge in [-0.25, -0.2) is 0 Å². The van der Waals surface area contributed by atoms with Crippen LogP contribution in [0.1, 0.15) is 19.4 Å². The van der Waals surface area contributed by atoms with Crippen LogP contribution in [-0.4, -0.2) is 42.6 Å². The number of rotatable bonds is 8. The third-order valence-electron chi connectivity index (χ3n) is 2.91. The molecule has 1 aromatic carbocycles. The highest BCUT2D eigenvalue weighted by molar-refractivity contribution is 5.42. The first-order valence-electron chi connectivity index (χ1n) is 6.35. The molecule has 0 aliphatic carbocycles. The molecule has 5 heteroatoms. The Labute approximate surface area is 114 Å². The van der Waals surface area contributed by atoms with E-state index in [1.54, 1.807) is 25.3 Å². The van der Waals surface area contributed by atoms with Gasteiger partial charge in [-0.3, -0.25) is 0 Å². The zero-order valence-corrected chi connectivity index (χ0v) is 11.8. The van der Waals surface area contributed by atoms with Crippen LogP contribution in [0.25, 0.3) is 0 Å².